The van der Waals surface area contributed by atoms with Gasteiger partial charge in [0.2, 0.25) is 0 Å². The average molecular weight is 355 g/mol. The second kappa shape index (κ2) is 7.66. The number of hydrogen-bond acceptors (Lipinski definition) is 2. The smallest absolute Gasteiger partial charge is 0.169 e. The zero-order chi connectivity index (χ0) is 17.2. The fourth-order valence-electron chi connectivity index (χ4n) is 3.28. The van der Waals surface area contributed by atoms with E-state index in [1.165, 1.54) is 6.21 Å². The third-order valence-corrected chi connectivity index (χ3v) is 4.56. The van der Waals surface area contributed by atoms with E-state index in [2.05, 4.69) is 11.1 Å². The highest BCUT2D eigenvalue weighted by molar-refractivity contribution is 6.04. The molecule has 1 unspecified atom stereocenters. The number of H-pyrrole nitrogens is 1. The molecule has 0 saturated carbocycles. The molecule has 25 heavy (non-hydrogen) atoms. The molecule has 1 atom stereocenters. The molecule has 0 aliphatic heterocycles. The first-order valence-electron chi connectivity index (χ1n) is 8.19. The molecule has 0 spiro atoms. The minimum atomic E-state index is -0.609. The van der Waals surface area contributed by atoms with Crippen molar-refractivity contribution in [3.8, 4) is 0 Å². The van der Waals surface area contributed by atoms with Gasteiger partial charge in [-0.2, -0.15) is 0 Å². The van der Waals surface area contributed by atoms with Gasteiger partial charge in [-0.3, -0.25) is 4.79 Å². The van der Waals surface area contributed by atoms with Crippen molar-refractivity contribution in [2.24, 2.45) is 5.41 Å². The Morgan fingerprint density at radius 3 is 2.56 bits per heavy atom. The second-order valence-corrected chi connectivity index (χ2v) is 6.71. The maximum absolute atomic E-state index is 13.2. The van der Waals surface area contributed by atoms with Gasteiger partial charge in [0.05, 0.1) is 0 Å². The number of rotatable bonds is 6. The van der Waals surface area contributed by atoms with Gasteiger partial charge < -0.3 is 10.4 Å². The van der Waals surface area contributed by atoms with Crippen molar-refractivity contribution in [2.45, 2.75) is 26.7 Å². The van der Waals surface area contributed by atoms with Crippen molar-refractivity contribution in [3.05, 3.63) is 71.4 Å². The van der Waals surface area contributed by atoms with Gasteiger partial charge >= 0.3 is 0 Å². The minimum absolute atomic E-state index is 0. The summed E-state index contributed by atoms with van der Waals surface area (Å²) in [6, 6.07) is 17.9. The molecule has 2 N–H and O–H groups in total. The number of carbonyl (C=O) groups is 1. The zero-order valence-electron chi connectivity index (χ0n) is 14.5. The lowest BCUT2D eigenvalue weighted by atomic mass is 9.75. The first-order valence-corrected chi connectivity index (χ1v) is 8.19. The summed E-state index contributed by atoms with van der Waals surface area (Å²) in [5.41, 5.74) is 3.35. The molecule has 3 rings (SSSR count). The Balaban J connectivity index is 0.00000225. The summed E-state index contributed by atoms with van der Waals surface area (Å²) in [7, 11) is 0. The van der Waals surface area contributed by atoms with Crippen molar-refractivity contribution in [2.75, 3.05) is 0 Å². The number of aromatic nitrogens is 1. The number of carbonyl (C=O) groups excluding carboxylic acids is 1. The number of benzene rings is 2. The van der Waals surface area contributed by atoms with Crippen LogP contribution in [0.2, 0.25) is 0 Å². The van der Waals surface area contributed by atoms with Crippen LogP contribution in [0.25, 0.3) is 10.9 Å². The SMILES string of the molecule is Cc1cc2cc(C(=O)C(C)(CC=N)Cc3ccccc3)ccc2[nH]1.Cl. The molecule has 0 aliphatic carbocycles. The maximum atomic E-state index is 13.2. The maximum Gasteiger partial charge on any atom is 0.169 e. The molecule has 0 saturated heterocycles. The summed E-state index contributed by atoms with van der Waals surface area (Å²) in [5.74, 6) is 0.0932. The molecule has 4 heteroatoms. The molecule has 2 aromatic carbocycles. The molecule has 1 aromatic heterocycles. The van der Waals surface area contributed by atoms with E-state index in [4.69, 9.17) is 5.41 Å². The van der Waals surface area contributed by atoms with Gasteiger partial charge in [0, 0.05) is 27.6 Å². The number of ketones is 1. The Hall–Kier alpha value is -2.39. The Labute approximate surface area is 154 Å². The number of aromatic amines is 1. The monoisotopic (exact) mass is 354 g/mol. The van der Waals surface area contributed by atoms with Crippen molar-refractivity contribution in [1.82, 2.24) is 4.98 Å². The van der Waals surface area contributed by atoms with Crippen LogP contribution in [0.5, 0.6) is 0 Å². The third-order valence-electron chi connectivity index (χ3n) is 4.56. The van der Waals surface area contributed by atoms with Gasteiger partial charge in [0.25, 0.3) is 0 Å². The Bertz CT molecular complexity index is 885. The fourth-order valence-corrected chi connectivity index (χ4v) is 3.28. The van der Waals surface area contributed by atoms with E-state index in [-0.39, 0.29) is 18.2 Å². The summed E-state index contributed by atoms with van der Waals surface area (Å²) in [5, 5.41) is 8.58. The number of Topliss-reactive ketones (excluding diaryl/α,β-unsaturated/α-hetero) is 1. The summed E-state index contributed by atoms with van der Waals surface area (Å²) in [4.78, 5) is 16.5. The standard InChI is InChI=1S/C21H22N2O.ClH/c1-15-12-18-13-17(8-9-19(18)23-15)20(24)21(2,10-11-22)14-16-6-4-3-5-7-16;/h3-9,11-13,22-23H,10,14H2,1-2H3;1H. The molecule has 0 amide bonds. The van der Waals surface area contributed by atoms with Gasteiger partial charge in [0.1, 0.15) is 0 Å². The van der Waals surface area contributed by atoms with Crippen LogP contribution in [-0.2, 0) is 6.42 Å². The summed E-state index contributed by atoms with van der Waals surface area (Å²) in [6.45, 7) is 3.97. The van der Waals surface area contributed by atoms with E-state index in [0.717, 1.165) is 22.2 Å². The van der Waals surface area contributed by atoms with Crippen LogP contribution in [0, 0.1) is 17.7 Å². The Morgan fingerprint density at radius 2 is 1.88 bits per heavy atom. The predicted molar refractivity (Wildman–Crippen MR) is 106 cm³/mol. The van der Waals surface area contributed by atoms with Crippen LogP contribution < -0.4 is 0 Å². The quantitative estimate of drug-likeness (QED) is 0.453. The van der Waals surface area contributed by atoms with Gasteiger partial charge in [-0.25, -0.2) is 0 Å². The van der Waals surface area contributed by atoms with Gasteiger partial charge in [-0.15, -0.1) is 12.4 Å². The molecule has 0 fully saturated rings. The van der Waals surface area contributed by atoms with E-state index in [1.807, 2.05) is 62.4 Å². The summed E-state index contributed by atoms with van der Waals surface area (Å²) < 4.78 is 0. The van der Waals surface area contributed by atoms with Gasteiger partial charge in [0.15, 0.2) is 5.78 Å². The van der Waals surface area contributed by atoms with Crippen LogP contribution in [-0.4, -0.2) is 17.0 Å². The van der Waals surface area contributed by atoms with Crippen molar-refractivity contribution in [3.63, 3.8) is 0 Å². The lowest BCUT2D eigenvalue weighted by Crippen LogP contribution is -2.31. The zero-order valence-corrected chi connectivity index (χ0v) is 15.3. The van der Waals surface area contributed by atoms with Crippen LogP contribution >= 0.6 is 12.4 Å². The molecule has 0 radical (unpaired) electrons. The third kappa shape index (κ3) is 3.99. The van der Waals surface area contributed by atoms with E-state index < -0.39 is 5.41 Å². The number of halogens is 1. The predicted octanol–water partition coefficient (Wildman–Crippen LogP) is 5.37. The molecule has 3 aromatic rings. The minimum Gasteiger partial charge on any atom is -0.359 e. The second-order valence-electron chi connectivity index (χ2n) is 6.71. The molecule has 0 aliphatic rings. The molecular formula is C21H23ClN2O. The summed E-state index contributed by atoms with van der Waals surface area (Å²) >= 11 is 0. The van der Waals surface area contributed by atoms with Gasteiger partial charge in [-0.05, 0) is 55.8 Å². The highest BCUT2D eigenvalue weighted by Crippen LogP contribution is 2.31. The van der Waals surface area contributed by atoms with Crippen LogP contribution in [0.1, 0.15) is 35.0 Å². The Kier molecular flexibility index (Phi) is 5.81. The van der Waals surface area contributed by atoms with Crippen molar-refractivity contribution >= 4 is 35.3 Å². The highest BCUT2D eigenvalue weighted by Gasteiger charge is 2.33. The first kappa shape index (κ1) is 18.9. The molecule has 1 heterocycles. The van der Waals surface area contributed by atoms with Crippen LogP contribution in [0.15, 0.2) is 54.6 Å². The van der Waals surface area contributed by atoms with Crippen molar-refractivity contribution in [1.29, 1.82) is 5.41 Å². The average Bonchev–Trinajstić information content (AvgIpc) is 2.94. The Morgan fingerprint density at radius 1 is 1.16 bits per heavy atom. The van der Waals surface area contributed by atoms with E-state index in [9.17, 15) is 4.79 Å². The lowest BCUT2D eigenvalue weighted by Gasteiger charge is -2.27. The topological polar surface area (TPSA) is 56.7 Å². The molecule has 3 nitrogen and oxygen atoms in total. The van der Waals surface area contributed by atoms with Crippen molar-refractivity contribution < 1.29 is 4.79 Å². The number of aryl methyl sites for hydroxylation is 1. The molecule has 130 valence electrons. The fraction of sp³-hybridized carbons (Fsp3) is 0.238. The lowest BCUT2D eigenvalue weighted by molar-refractivity contribution is 0.0824. The van der Waals surface area contributed by atoms with E-state index in [1.54, 1.807) is 0 Å². The normalized spacial score (nSPS) is 13.0. The van der Waals surface area contributed by atoms with Crippen LogP contribution in [0.3, 0.4) is 0 Å². The van der Waals surface area contributed by atoms with E-state index >= 15 is 0 Å². The highest BCUT2D eigenvalue weighted by atomic mass is 35.5. The molecular weight excluding hydrogens is 332 g/mol. The molecule has 0 bridgehead atoms. The summed E-state index contributed by atoms with van der Waals surface area (Å²) in [6.07, 6.45) is 2.41. The van der Waals surface area contributed by atoms with E-state index in [0.29, 0.717) is 18.4 Å². The number of hydrogen-bond donors (Lipinski definition) is 2. The number of fused-ring (bicyclic) bond motifs is 1. The largest absolute Gasteiger partial charge is 0.359 e. The van der Waals surface area contributed by atoms with Gasteiger partial charge in [-0.1, -0.05) is 37.3 Å². The van der Waals surface area contributed by atoms with Crippen LogP contribution in [0.4, 0.5) is 0 Å². The first-order chi connectivity index (χ1) is 11.5. The number of nitrogens with one attached hydrogen (secondary N) is 2.